The molecule has 4 heterocycles. The maximum absolute atomic E-state index is 6.68. The highest BCUT2D eigenvalue weighted by atomic mass is 32.1. The molecule has 0 unspecified atom stereocenters. The van der Waals surface area contributed by atoms with Gasteiger partial charge >= 0.3 is 0 Å². The summed E-state index contributed by atoms with van der Waals surface area (Å²) in [7, 11) is 0. The maximum atomic E-state index is 6.68. The molecular formula is C69H48N4OS. The lowest BCUT2D eigenvalue weighted by Gasteiger charge is -2.29. The van der Waals surface area contributed by atoms with E-state index in [1.807, 2.05) is 17.4 Å². The minimum absolute atomic E-state index is 0.870. The number of rotatable bonds is 9. The second-order valence-electron chi connectivity index (χ2n) is 20.0. The molecule has 0 atom stereocenters. The summed E-state index contributed by atoms with van der Waals surface area (Å²) in [5, 5.41) is 9.65. The van der Waals surface area contributed by atoms with Crippen molar-refractivity contribution < 1.29 is 4.42 Å². The van der Waals surface area contributed by atoms with Gasteiger partial charge in [0.15, 0.2) is 5.58 Å². The Bertz CT molecular complexity index is 4570. The number of aryl methyl sites for hydroxylation is 3. The number of anilines is 9. The van der Waals surface area contributed by atoms with Gasteiger partial charge in [-0.15, -0.1) is 11.3 Å². The van der Waals surface area contributed by atoms with Crippen LogP contribution in [0.15, 0.2) is 241 Å². The Labute approximate surface area is 437 Å². The van der Waals surface area contributed by atoms with Crippen LogP contribution in [0.2, 0.25) is 0 Å². The fraction of sp³-hybridized carbons (Fsp3) is 0.0435. The van der Waals surface area contributed by atoms with Crippen LogP contribution in [-0.4, -0.2) is 4.40 Å². The summed E-state index contributed by atoms with van der Waals surface area (Å²) in [4.78, 5) is 7.19. The van der Waals surface area contributed by atoms with E-state index < -0.39 is 0 Å². The molecule has 0 N–H and O–H groups in total. The molecule has 4 aromatic heterocycles. The molecule has 0 saturated carbocycles. The van der Waals surface area contributed by atoms with Crippen molar-refractivity contribution in [2.45, 2.75) is 20.8 Å². The third-order valence-electron chi connectivity index (χ3n) is 15.3. The zero-order valence-electron chi connectivity index (χ0n) is 41.6. The number of fused-ring (bicyclic) bond motifs is 12. The van der Waals surface area contributed by atoms with Gasteiger partial charge in [-0.3, -0.25) is 0 Å². The van der Waals surface area contributed by atoms with Gasteiger partial charge in [0.05, 0.1) is 22.2 Å². The van der Waals surface area contributed by atoms with E-state index in [0.717, 1.165) is 73.1 Å². The number of nitrogens with zero attached hydrogens (tertiary/aromatic N) is 4. The average Bonchev–Trinajstić information content (AvgIpc) is 4.24. The number of aromatic nitrogens is 1. The number of furan rings is 1. The SMILES string of the molecule is Cc1ccc(N(c2ccc(C)cc2)c2cccc(N(c3ccc4c(c3)sc3cc(N(c5ccc(C)cc5)c5cccc6c5oc5ccccc56)ccc34)c3cc4c5ccccc5n5c6ccccc6c(c3)c45)c2)cc1. The lowest BCUT2D eigenvalue weighted by atomic mass is 10.0. The maximum Gasteiger partial charge on any atom is 0.159 e. The summed E-state index contributed by atoms with van der Waals surface area (Å²) < 4.78 is 11.6. The molecule has 0 radical (unpaired) electrons. The summed E-state index contributed by atoms with van der Waals surface area (Å²) in [5.74, 6) is 0. The molecule has 0 amide bonds. The molecule has 0 aliphatic carbocycles. The van der Waals surface area contributed by atoms with Crippen molar-refractivity contribution in [3.63, 3.8) is 0 Å². The fourth-order valence-electron chi connectivity index (χ4n) is 11.7. The first-order valence-corrected chi connectivity index (χ1v) is 26.5. The number of thiophene rings is 1. The zero-order chi connectivity index (χ0) is 49.9. The Morgan fingerprint density at radius 2 is 0.760 bits per heavy atom. The molecule has 0 aliphatic heterocycles. The Hall–Kier alpha value is -9.36. The molecule has 11 aromatic carbocycles. The third kappa shape index (κ3) is 6.91. The fourth-order valence-corrected chi connectivity index (χ4v) is 12.9. The summed E-state index contributed by atoms with van der Waals surface area (Å²) in [6, 6.07) is 86.8. The average molecular weight is 981 g/mol. The van der Waals surface area contributed by atoms with Crippen LogP contribution in [-0.2, 0) is 0 Å². The molecule has 0 bridgehead atoms. The number of hydrogen-bond donors (Lipinski definition) is 0. The topological polar surface area (TPSA) is 27.3 Å². The molecule has 6 heteroatoms. The molecule has 0 aliphatic rings. The van der Waals surface area contributed by atoms with Gasteiger partial charge in [0.25, 0.3) is 0 Å². The van der Waals surface area contributed by atoms with E-state index in [1.54, 1.807) is 0 Å². The Morgan fingerprint density at radius 1 is 0.320 bits per heavy atom. The first-order valence-electron chi connectivity index (χ1n) is 25.6. The largest absolute Gasteiger partial charge is 0.454 e. The van der Waals surface area contributed by atoms with Crippen LogP contribution in [0.4, 0.5) is 51.2 Å². The zero-order valence-corrected chi connectivity index (χ0v) is 42.4. The van der Waals surface area contributed by atoms with Gasteiger partial charge in [0.2, 0.25) is 0 Å². The van der Waals surface area contributed by atoms with Gasteiger partial charge < -0.3 is 23.5 Å². The minimum atomic E-state index is 0.870. The molecule has 75 heavy (non-hydrogen) atoms. The van der Waals surface area contributed by atoms with Crippen molar-refractivity contribution in [2.24, 2.45) is 0 Å². The highest BCUT2D eigenvalue weighted by Crippen LogP contribution is 2.49. The molecular weight excluding hydrogens is 933 g/mol. The van der Waals surface area contributed by atoms with Gasteiger partial charge in [-0.1, -0.05) is 138 Å². The molecule has 0 saturated heterocycles. The van der Waals surface area contributed by atoms with Gasteiger partial charge in [0, 0.05) is 98.0 Å². The Morgan fingerprint density at radius 3 is 1.33 bits per heavy atom. The van der Waals surface area contributed by atoms with E-state index >= 15 is 0 Å². The number of hydrogen-bond acceptors (Lipinski definition) is 5. The van der Waals surface area contributed by atoms with Crippen molar-refractivity contribution >= 4 is 143 Å². The van der Waals surface area contributed by atoms with Gasteiger partial charge in [-0.05, 0) is 136 Å². The summed E-state index contributed by atoms with van der Waals surface area (Å²) in [6.45, 7) is 6.43. The van der Waals surface area contributed by atoms with Crippen LogP contribution in [0.25, 0.3) is 80.2 Å². The van der Waals surface area contributed by atoms with Crippen LogP contribution >= 0.6 is 11.3 Å². The van der Waals surface area contributed by atoms with Crippen molar-refractivity contribution in [1.82, 2.24) is 4.40 Å². The second kappa shape index (κ2) is 16.9. The number of benzene rings is 11. The molecule has 0 fully saturated rings. The van der Waals surface area contributed by atoms with E-state index in [4.69, 9.17) is 4.42 Å². The minimum Gasteiger partial charge on any atom is -0.454 e. The van der Waals surface area contributed by atoms with Gasteiger partial charge in [0.1, 0.15) is 5.58 Å². The van der Waals surface area contributed by atoms with Crippen LogP contribution in [0, 0.1) is 20.8 Å². The molecule has 0 spiro atoms. The summed E-state index contributed by atoms with van der Waals surface area (Å²) in [6.07, 6.45) is 0. The first-order chi connectivity index (χ1) is 36.9. The second-order valence-corrected chi connectivity index (χ2v) is 21.1. The van der Waals surface area contributed by atoms with Crippen LogP contribution in [0.5, 0.6) is 0 Å². The summed E-state index contributed by atoms with van der Waals surface area (Å²) >= 11 is 1.84. The predicted molar refractivity (Wildman–Crippen MR) is 320 cm³/mol. The predicted octanol–water partition coefficient (Wildman–Crippen LogP) is 20.4. The first kappa shape index (κ1) is 43.2. The monoisotopic (exact) mass is 980 g/mol. The van der Waals surface area contributed by atoms with E-state index in [2.05, 4.69) is 270 Å². The Balaban J connectivity index is 0.928. The van der Waals surface area contributed by atoms with Crippen LogP contribution < -0.4 is 14.7 Å². The number of para-hydroxylation sites is 4. The van der Waals surface area contributed by atoms with Crippen LogP contribution in [0.1, 0.15) is 16.7 Å². The van der Waals surface area contributed by atoms with Crippen LogP contribution in [0.3, 0.4) is 0 Å². The quantitative estimate of drug-likeness (QED) is 0.144. The smallest absolute Gasteiger partial charge is 0.159 e. The Kier molecular flexibility index (Phi) is 9.72. The molecule has 5 nitrogen and oxygen atoms in total. The lowest BCUT2D eigenvalue weighted by molar-refractivity contribution is 0.669. The van der Waals surface area contributed by atoms with Gasteiger partial charge in [-0.2, -0.15) is 0 Å². The van der Waals surface area contributed by atoms with Crippen molar-refractivity contribution in [2.75, 3.05) is 14.7 Å². The molecule has 15 rings (SSSR count). The van der Waals surface area contributed by atoms with Gasteiger partial charge in [-0.25, -0.2) is 0 Å². The van der Waals surface area contributed by atoms with E-state index in [-0.39, 0.29) is 0 Å². The van der Waals surface area contributed by atoms with E-state index in [0.29, 0.717) is 0 Å². The van der Waals surface area contributed by atoms with Crippen molar-refractivity contribution in [3.05, 3.63) is 253 Å². The van der Waals surface area contributed by atoms with Crippen molar-refractivity contribution in [1.29, 1.82) is 0 Å². The highest BCUT2D eigenvalue weighted by Gasteiger charge is 2.25. The lowest BCUT2D eigenvalue weighted by Crippen LogP contribution is -2.13. The molecule has 356 valence electrons. The highest BCUT2D eigenvalue weighted by molar-refractivity contribution is 7.25. The normalized spacial score (nSPS) is 11.9. The standard InChI is InChI=1S/C69H48N4OS/c1-43-22-28-46(29-23-43)70(47-30-24-44(2)25-31-47)49-12-10-13-50(38-49)71(53-39-60-54-14-4-7-18-62(54)73-63-19-8-5-15-55(63)61(40-53)68(60)73)51-34-36-57-58-37-35-52(42-67(58)75-66(57)41-51)72(48-32-26-45(3)27-33-48)64-20-11-17-59-56-16-6-9-21-65(56)74-69(59)64/h4-42H,1-3H3. The third-order valence-corrected chi connectivity index (χ3v) is 16.4. The van der Waals surface area contributed by atoms with E-state index in [9.17, 15) is 0 Å². The molecule has 15 aromatic rings. The van der Waals surface area contributed by atoms with E-state index in [1.165, 1.54) is 75.0 Å². The summed E-state index contributed by atoms with van der Waals surface area (Å²) in [5.41, 5.74) is 18.8. The van der Waals surface area contributed by atoms with Crippen molar-refractivity contribution in [3.8, 4) is 0 Å².